The van der Waals surface area contributed by atoms with Crippen LogP contribution in [0.2, 0.25) is 0 Å². The lowest BCUT2D eigenvalue weighted by Gasteiger charge is -2.15. The molecule has 1 heterocycles. The number of hydrogen-bond acceptors (Lipinski definition) is 4. The molecule has 24 heavy (non-hydrogen) atoms. The van der Waals surface area contributed by atoms with Crippen LogP contribution in [0.15, 0.2) is 24.3 Å². The van der Waals surface area contributed by atoms with Crippen molar-refractivity contribution >= 4 is 5.97 Å². The quantitative estimate of drug-likeness (QED) is 0.626. The summed E-state index contributed by atoms with van der Waals surface area (Å²) in [6, 6.07) is 3.52. The third kappa shape index (κ3) is 3.34. The Morgan fingerprint density at radius 3 is 2.29 bits per heavy atom. The molecule has 0 bridgehead atoms. The summed E-state index contributed by atoms with van der Waals surface area (Å²) >= 11 is 0. The molecule has 0 atom stereocenters. The van der Waals surface area contributed by atoms with E-state index in [9.17, 15) is 31.1 Å². The molecule has 5 nitrogen and oxygen atoms in total. The number of alkyl halides is 6. The zero-order valence-electron chi connectivity index (χ0n) is 11.9. The van der Waals surface area contributed by atoms with Crippen molar-refractivity contribution in [1.82, 2.24) is 15.0 Å². The number of hydrogen-bond donors (Lipinski definition) is 0. The Morgan fingerprint density at radius 1 is 1.12 bits per heavy atom. The molecular formula is C13H9F6N3O2. The molecule has 130 valence electrons. The van der Waals surface area contributed by atoms with E-state index in [2.05, 4.69) is 15.0 Å². The van der Waals surface area contributed by atoms with E-state index in [4.69, 9.17) is 0 Å². The molecule has 0 fully saturated rings. The zero-order chi connectivity index (χ0) is 18.1. The van der Waals surface area contributed by atoms with Crippen molar-refractivity contribution in [3.05, 3.63) is 41.2 Å². The van der Waals surface area contributed by atoms with E-state index in [0.717, 1.165) is 18.2 Å². The van der Waals surface area contributed by atoms with Crippen LogP contribution in [0, 0.1) is 0 Å². The molecule has 0 amide bonds. The Bertz CT molecular complexity index is 751. The highest BCUT2D eigenvalue weighted by molar-refractivity contribution is 5.88. The van der Waals surface area contributed by atoms with Crippen molar-refractivity contribution in [2.45, 2.75) is 19.3 Å². The average Bonchev–Trinajstić information content (AvgIpc) is 2.91. The standard InChI is InChI=1S/C13H9F6N3O2/c1-2-24-11(23)9-10(13(17,18)19)22(21-20-9)8-6-4-3-5-7(8)12(14,15)16/h3-6H,2H2,1H3. The van der Waals surface area contributed by atoms with Gasteiger partial charge in [0.05, 0.1) is 17.9 Å². The molecule has 0 aliphatic heterocycles. The van der Waals surface area contributed by atoms with Crippen LogP contribution in [-0.4, -0.2) is 27.6 Å². The first-order valence-electron chi connectivity index (χ1n) is 6.44. The molecule has 0 unspecified atom stereocenters. The number of ether oxygens (including phenoxy) is 1. The number of esters is 1. The van der Waals surface area contributed by atoms with Gasteiger partial charge in [0.1, 0.15) is 0 Å². The van der Waals surface area contributed by atoms with Crippen LogP contribution >= 0.6 is 0 Å². The van der Waals surface area contributed by atoms with Crippen molar-refractivity contribution in [3.8, 4) is 5.69 Å². The summed E-state index contributed by atoms with van der Waals surface area (Å²) < 4.78 is 83.2. The Balaban J connectivity index is 2.72. The second-order valence-electron chi connectivity index (χ2n) is 4.43. The monoisotopic (exact) mass is 353 g/mol. The molecule has 0 aliphatic carbocycles. The SMILES string of the molecule is CCOC(=O)c1nnn(-c2ccccc2C(F)(F)F)c1C(F)(F)F. The molecule has 1 aromatic heterocycles. The predicted molar refractivity (Wildman–Crippen MR) is 67.3 cm³/mol. The summed E-state index contributed by atoms with van der Waals surface area (Å²) in [5.41, 5.74) is -5.20. The minimum absolute atomic E-state index is 0.0604. The number of carbonyl (C=O) groups is 1. The van der Waals surface area contributed by atoms with Gasteiger partial charge in [-0.05, 0) is 19.1 Å². The van der Waals surface area contributed by atoms with Crippen LogP contribution in [-0.2, 0) is 17.1 Å². The number of aromatic nitrogens is 3. The fourth-order valence-electron chi connectivity index (χ4n) is 1.94. The largest absolute Gasteiger partial charge is 0.461 e. The van der Waals surface area contributed by atoms with E-state index in [0.29, 0.717) is 6.07 Å². The van der Waals surface area contributed by atoms with E-state index in [1.807, 2.05) is 0 Å². The van der Waals surface area contributed by atoms with Crippen molar-refractivity contribution in [1.29, 1.82) is 0 Å². The molecule has 0 aliphatic rings. The molecule has 11 heteroatoms. The fraction of sp³-hybridized carbons (Fsp3) is 0.308. The number of nitrogens with zero attached hydrogens (tertiary/aromatic N) is 3. The molecule has 2 aromatic rings. The third-order valence-corrected chi connectivity index (χ3v) is 2.85. The van der Waals surface area contributed by atoms with E-state index in [1.165, 1.54) is 6.92 Å². The highest BCUT2D eigenvalue weighted by atomic mass is 19.4. The topological polar surface area (TPSA) is 57.0 Å². The second-order valence-corrected chi connectivity index (χ2v) is 4.43. The number of benzene rings is 1. The van der Waals surface area contributed by atoms with Gasteiger partial charge in [0.25, 0.3) is 0 Å². The number of carbonyl (C=O) groups excluding carboxylic acids is 1. The summed E-state index contributed by atoms with van der Waals surface area (Å²) in [5.74, 6) is -1.43. The van der Waals surface area contributed by atoms with Gasteiger partial charge in [-0.1, -0.05) is 17.3 Å². The summed E-state index contributed by atoms with van der Waals surface area (Å²) in [7, 11) is 0. The van der Waals surface area contributed by atoms with Gasteiger partial charge in [-0.15, -0.1) is 5.10 Å². The van der Waals surface area contributed by atoms with Crippen molar-refractivity contribution in [2.75, 3.05) is 6.61 Å². The van der Waals surface area contributed by atoms with Gasteiger partial charge >= 0.3 is 18.3 Å². The maximum atomic E-state index is 13.3. The molecule has 0 saturated carbocycles. The van der Waals surface area contributed by atoms with Crippen LogP contribution in [0.3, 0.4) is 0 Å². The summed E-state index contributed by atoms with van der Waals surface area (Å²) in [4.78, 5) is 11.6. The Kier molecular flexibility index (Phi) is 4.54. The highest BCUT2D eigenvalue weighted by Gasteiger charge is 2.44. The third-order valence-electron chi connectivity index (χ3n) is 2.85. The predicted octanol–water partition coefficient (Wildman–Crippen LogP) is 3.48. The first kappa shape index (κ1) is 17.8. The second kappa shape index (κ2) is 6.13. The number of rotatable bonds is 3. The smallest absolute Gasteiger partial charge is 0.436 e. The van der Waals surface area contributed by atoms with Crippen LogP contribution < -0.4 is 0 Å². The molecule has 0 saturated heterocycles. The fourth-order valence-corrected chi connectivity index (χ4v) is 1.94. The number of halogens is 6. The lowest BCUT2D eigenvalue weighted by atomic mass is 10.1. The van der Waals surface area contributed by atoms with Crippen LogP contribution in [0.25, 0.3) is 5.69 Å². The van der Waals surface area contributed by atoms with Gasteiger partial charge in [-0.3, -0.25) is 0 Å². The van der Waals surface area contributed by atoms with E-state index >= 15 is 0 Å². The van der Waals surface area contributed by atoms with Crippen LogP contribution in [0.4, 0.5) is 26.3 Å². The minimum Gasteiger partial charge on any atom is -0.461 e. The lowest BCUT2D eigenvalue weighted by molar-refractivity contribution is -0.145. The summed E-state index contributed by atoms with van der Waals surface area (Å²) in [6.45, 7) is 1.12. The zero-order valence-corrected chi connectivity index (χ0v) is 11.9. The van der Waals surface area contributed by atoms with Gasteiger partial charge < -0.3 is 4.74 Å². The molecule has 2 rings (SSSR count). The molecule has 0 spiro atoms. The lowest BCUT2D eigenvalue weighted by Crippen LogP contribution is -2.20. The van der Waals surface area contributed by atoms with Crippen molar-refractivity contribution in [3.63, 3.8) is 0 Å². The molecule has 0 radical (unpaired) electrons. The van der Waals surface area contributed by atoms with E-state index in [1.54, 1.807) is 0 Å². The Labute approximate surface area is 130 Å². The first-order valence-corrected chi connectivity index (χ1v) is 6.44. The maximum absolute atomic E-state index is 13.3. The van der Waals surface area contributed by atoms with Gasteiger partial charge in [-0.2, -0.15) is 26.3 Å². The normalized spacial score (nSPS) is 12.3. The van der Waals surface area contributed by atoms with Gasteiger partial charge in [0.2, 0.25) is 5.69 Å². The van der Waals surface area contributed by atoms with E-state index < -0.39 is 41.0 Å². The highest BCUT2D eigenvalue weighted by Crippen LogP contribution is 2.37. The number of para-hydroxylation sites is 1. The summed E-state index contributed by atoms with van der Waals surface area (Å²) in [5, 5.41) is 6.13. The van der Waals surface area contributed by atoms with Gasteiger partial charge in [0.15, 0.2) is 5.69 Å². The Hall–Kier alpha value is -2.59. The molecule has 1 aromatic carbocycles. The van der Waals surface area contributed by atoms with Crippen LogP contribution in [0.1, 0.15) is 28.7 Å². The van der Waals surface area contributed by atoms with Gasteiger partial charge in [0, 0.05) is 0 Å². The van der Waals surface area contributed by atoms with Crippen molar-refractivity contribution in [2.24, 2.45) is 0 Å². The summed E-state index contributed by atoms with van der Waals surface area (Å²) in [6.07, 6.45) is -10.1. The molecular weight excluding hydrogens is 344 g/mol. The minimum atomic E-state index is -5.18. The maximum Gasteiger partial charge on any atom is 0.436 e. The first-order chi connectivity index (χ1) is 11.1. The van der Waals surface area contributed by atoms with Crippen LogP contribution in [0.5, 0.6) is 0 Å². The van der Waals surface area contributed by atoms with Gasteiger partial charge in [-0.25, -0.2) is 9.48 Å². The van der Waals surface area contributed by atoms with E-state index in [-0.39, 0.29) is 11.3 Å². The van der Waals surface area contributed by atoms with Crippen molar-refractivity contribution < 1.29 is 35.9 Å². The molecule has 0 N–H and O–H groups in total. The average molecular weight is 353 g/mol. The Morgan fingerprint density at radius 2 is 1.75 bits per heavy atom.